The molecule has 0 aliphatic heterocycles. The highest BCUT2D eigenvalue weighted by atomic mass is 16.5. The number of carbonyl (C=O) groups excluding carboxylic acids is 2. The zero-order chi connectivity index (χ0) is 48.1. The monoisotopic (exact) mass is 924 g/mol. The zero-order valence-electron chi connectivity index (χ0n) is 43.8. The molecule has 3 unspecified atom stereocenters. The summed E-state index contributed by atoms with van der Waals surface area (Å²) in [5.41, 5.74) is 0. The van der Waals surface area contributed by atoms with Gasteiger partial charge in [-0.25, -0.2) is 0 Å². The van der Waals surface area contributed by atoms with Gasteiger partial charge in [-0.15, -0.1) is 0 Å². The minimum Gasteiger partial charge on any atom is -0.462 e. The molecule has 1 amide bonds. The molecule has 0 radical (unpaired) electrons. The summed E-state index contributed by atoms with van der Waals surface area (Å²) in [5, 5.41) is 23.8. The standard InChI is InChI=1S/C60H109NO5/c1-4-7-10-13-16-19-22-25-27-28-29-30-32-35-38-41-44-47-50-53-60(65)66-56(51-48-45-42-39-36-34-31-26-23-20-17-14-11-8-5-2)54-59(64)61-57(55-62)58(63)52-49-46-43-40-37-33-24-21-18-15-12-9-6-3/h16-17,19-20,25-27,29-31,56-58,62-63H,4-15,18,21-24,28,32-55H2,1-3H3,(H,61,64)/b19-16-,20-17-,27-25-,30-29-,31-26-. The fraction of sp³-hybridized carbons (Fsp3) is 0.800. The van der Waals surface area contributed by atoms with Crippen molar-refractivity contribution < 1.29 is 24.5 Å². The molecule has 6 heteroatoms. The number of esters is 1. The highest BCUT2D eigenvalue weighted by molar-refractivity contribution is 5.77. The molecule has 3 N–H and O–H groups in total. The van der Waals surface area contributed by atoms with Crippen molar-refractivity contribution >= 4 is 11.9 Å². The van der Waals surface area contributed by atoms with E-state index in [4.69, 9.17) is 4.74 Å². The molecule has 0 saturated carbocycles. The van der Waals surface area contributed by atoms with Gasteiger partial charge in [0.1, 0.15) is 6.10 Å². The van der Waals surface area contributed by atoms with Crippen LogP contribution in [-0.2, 0) is 14.3 Å². The lowest BCUT2D eigenvalue weighted by molar-refractivity contribution is -0.151. The number of amides is 1. The Morgan fingerprint density at radius 2 is 0.773 bits per heavy atom. The summed E-state index contributed by atoms with van der Waals surface area (Å²) < 4.78 is 5.95. The lowest BCUT2D eigenvalue weighted by Gasteiger charge is -2.24. The third-order valence-electron chi connectivity index (χ3n) is 12.8. The average Bonchev–Trinajstić information content (AvgIpc) is 3.31. The summed E-state index contributed by atoms with van der Waals surface area (Å²) in [6.07, 6.45) is 67.0. The number of aliphatic hydroxyl groups excluding tert-OH is 2. The summed E-state index contributed by atoms with van der Waals surface area (Å²) in [7, 11) is 0. The van der Waals surface area contributed by atoms with E-state index >= 15 is 0 Å². The Hall–Kier alpha value is -2.44. The largest absolute Gasteiger partial charge is 0.462 e. The molecular weight excluding hydrogens is 815 g/mol. The van der Waals surface area contributed by atoms with Gasteiger partial charge in [0.25, 0.3) is 0 Å². The van der Waals surface area contributed by atoms with E-state index in [-0.39, 0.29) is 24.9 Å². The number of unbranched alkanes of at least 4 members (excludes halogenated alkanes) is 29. The molecule has 0 aromatic heterocycles. The predicted molar refractivity (Wildman–Crippen MR) is 287 cm³/mol. The van der Waals surface area contributed by atoms with Gasteiger partial charge in [-0.1, -0.05) is 236 Å². The molecule has 0 rings (SSSR count). The highest BCUT2D eigenvalue weighted by Gasteiger charge is 2.24. The quantitative estimate of drug-likeness (QED) is 0.0321. The maximum atomic E-state index is 13.3. The zero-order valence-corrected chi connectivity index (χ0v) is 43.8. The highest BCUT2D eigenvalue weighted by Crippen LogP contribution is 2.18. The molecule has 0 fully saturated rings. The number of nitrogens with one attached hydrogen (secondary N) is 1. The molecule has 6 nitrogen and oxygen atoms in total. The molecule has 3 atom stereocenters. The van der Waals surface area contributed by atoms with E-state index in [0.717, 1.165) is 89.9 Å². The maximum absolute atomic E-state index is 13.3. The van der Waals surface area contributed by atoms with Crippen LogP contribution < -0.4 is 5.32 Å². The average molecular weight is 925 g/mol. The number of hydrogen-bond donors (Lipinski definition) is 3. The van der Waals surface area contributed by atoms with Crippen molar-refractivity contribution in [3.8, 4) is 0 Å². The molecule has 66 heavy (non-hydrogen) atoms. The second kappa shape index (κ2) is 53.5. The topological polar surface area (TPSA) is 95.9 Å². The number of rotatable bonds is 51. The minimum absolute atomic E-state index is 0.0623. The van der Waals surface area contributed by atoms with Crippen molar-refractivity contribution in [3.05, 3.63) is 60.8 Å². The van der Waals surface area contributed by atoms with Crippen LogP contribution in [0, 0.1) is 0 Å². The Balaban J connectivity index is 4.60. The van der Waals surface area contributed by atoms with Gasteiger partial charge in [-0.3, -0.25) is 9.59 Å². The van der Waals surface area contributed by atoms with E-state index in [1.54, 1.807) is 0 Å². The van der Waals surface area contributed by atoms with Crippen LogP contribution in [0.5, 0.6) is 0 Å². The van der Waals surface area contributed by atoms with Crippen LogP contribution in [0.25, 0.3) is 0 Å². The lowest BCUT2D eigenvalue weighted by atomic mass is 10.0. The molecule has 0 aromatic carbocycles. The van der Waals surface area contributed by atoms with Gasteiger partial charge in [0.15, 0.2) is 0 Å². The van der Waals surface area contributed by atoms with Gasteiger partial charge in [0, 0.05) is 6.42 Å². The van der Waals surface area contributed by atoms with E-state index < -0.39 is 18.2 Å². The third-order valence-corrected chi connectivity index (χ3v) is 12.8. The maximum Gasteiger partial charge on any atom is 0.306 e. The second-order valence-electron chi connectivity index (χ2n) is 19.3. The Labute approximate surface area is 409 Å². The molecule has 0 aliphatic carbocycles. The molecule has 0 saturated heterocycles. The van der Waals surface area contributed by atoms with Gasteiger partial charge in [0.2, 0.25) is 5.91 Å². The Morgan fingerprint density at radius 3 is 1.20 bits per heavy atom. The summed E-state index contributed by atoms with van der Waals surface area (Å²) >= 11 is 0. The van der Waals surface area contributed by atoms with Crippen molar-refractivity contribution in [2.75, 3.05) is 6.61 Å². The molecule has 0 spiro atoms. The summed E-state index contributed by atoms with van der Waals surface area (Å²) in [6, 6.07) is -0.711. The fourth-order valence-electron chi connectivity index (χ4n) is 8.47. The smallest absolute Gasteiger partial charge is 0.306 e. The first-order valence-electron chi connectivity index (χ1n) is 28.5. The van der Waals surface area contributed by atoms with Gasteiger partial charge in [0.05, 0.1) is 25.2 Å². The van der Waals surface area contributed by atoms with Gasteiger partial charge in [-0.2, -0.15) is 0 Å². The minimum atomic E-state index is -0.796. The van der Waals surface area contributed by atoms with Crippen molar-refractivity contribution in [2.45, 2.75) is 302 Å². The Kier molecular flexibility index (Phi) is 51.5. The first-order valence-corrected chi connectivity index (χ1v) is 28.5. The van der Waals surface area contributed by atoms with E-state index in [0.29, 0.717) is 19.3 Å². The summed E-state index contributed by atoms with van der Waals surface area (Å²) in [5.74, 6) is -0.496. The SMILES string of the molecule is CCCCC/C=C\C/C=C\C/C=C\CCCCCCCCC(=O)OC(CCCCCCC/C=C\C/C=C\CCCCC)CC(=O)NC(CO)C(O)CCCCCCCCCCCCCCC. The van der Waals surface area contributed by atoms with Crippen LogP contribution in [0.4, 0.5) is 0 Å². The van der Waals surface area contributed by atoms with Gasteiger partial charge >= 0.3 is 5.97 Å². The predicted octanol–water partition coefficient (Wildman–Crippen LogP) is 17.6. The Bertz CT molecular complexity index is 1170. The number of hydrogen-bond acceptors (Lipinski definition) is 5. The van der Waals surface area contributed by atoms with Crippen LogP contribution in [0.1, 0.15) is 284 Å². The van der Waals surface area contributed by atoms with E-state index in [1.807, 2.05) is 0 Å². The lowest BCUT2D eigenvalue weighted by Crippen LogP contribution is -2.46. The number of carbonyl (C=O) groups is 2. The van der Waals surface area contributed by atoms with E-state index in [1.165, 1.54) is 148 Å². The molecule has 0 aliphatic rings. The van der Waals surface area contributed by atoms with Crippen LogP contribution in [0.2, 0.25) is 0 Å². The van der Waals surface area contributed by atoms with Crippen molar-refractivity contribution in [1.82, 2.24) is 5.32 Å². The third kappa shape index (κ3) is 48.0. The molecule has 0 heterocycles. The first kappa shape index (κ1) is 63.6. The molecule has 0 bridgehead atoms. The number of aliphatic hydroxyl groups is 2. The Morgan fingerprint density at radius 1 is 0.439 bits per heavy atom. The van der Waals surface area contributed by atoms with Crippen molar-refractivity contribution in [3.63, 3.8) is 0 Å². The summed E-state index contributed by atoms with van der Waals surface area (Å²) in [6.45, 7) is 6.44. The van der Waals surface area contributed by atoms with Crippen LogP contribution in [0.15, 0.2) is 60.8 Å². The first-order chi connectivity index (χ1) is 32.5. The van der Waals surface area contributed by atoms with Crippen molar-refractivity contribution in [1.29, 1.82) is 0 Å². The number of ether oxygens (including phenoxy) is 1. The van der Waals surface area contributed by atoms with Crippen LogP contribution >= 0.6 is 0 Å². The van der Waals surface area contributed by atoms with Gasteiger partial charge < -0.3 is 20.3 Å². The molecular formula is C60H109NO5. The summed E-state index contributed by atoms with van der Waals surface area (Å²) in [4.78, 5) is 26.3. The second-order valence-corrected chi connectivity index (χ2v) is 19.3. The van der Waals surface area contributed by atoms with Crippen molar-refractivity contribution in [2.24, 2.45) is 0 Å². The van der Waals surface area contributed by atoms with Gasteiger partial charge in [-0.05, 0) is 96.3 Å². The van der Waals surface area contributed by atoms with E-state index in [2.05, 4.69) is 86.8 Å². The molecule has 0 aromatic rings. The van der Waals surface area contributed by atoms with E-state index in [9.17, 15) is 19.8 Å². The number of allylic oxidation sites excluding steroid dienone is 10. The fourth-order valence-corrected chi connectivity index (χ4v) is 8.47. The molecule has 384 valence electrons. The normalized spacial score (nSPS) is 13.6. The van der Waals surface area contributed by atoms with Crippen LogP contribution in [-0.4, -0.2) is 46.9 Å². The van der Waals surface area contributed by atoms with Crippen LogP contribution in [0.3, 0.4) is 0 Å².